The van der Waals surface area contributed by atoms with E-state index < -0.39 is 0 Å². The van der Waals surface area contributed by atoms with E-state index in [0.29, 0.717) is 13.2 Å². The number of nitrogens with zero attached hydrogens (tertiary/aromatic N) is 2. The zero-order valence-corrected chi connectivity index (χ0v) is 13.3. The summed E-state index contributed by atoms with van der Waals surface area (Å²) >= 11 is 3.47. The summed E-state index contributed by atoms with van der Waals surface area (Å²) in [4.78, 5) is 9.11. The van der Waals surface area contributed by atoms with Gasteiger partial charge in [-0.25, -0.2) is 9.97 Å². The Morgan fingerprint density at radius 2 is 2.10 bits per heavy atom. The van der Waals surface area contributed by atoms with Crippen LogP contribution in [0.15, 0.2) is 34.8 Å². The first-order valence-corrected chi connectivity index (χ1v) is 7.28. The van der Waals surface area contributed by atoms with E-state index in [9.17, 15) is 0 Å². The van der Waals surface area contributed by atoms with Crippen LogP contribution in [0.25, 0.3) is 11.4 Å². The molecule has 1 N–H and O–H groups in total. The summed E-state index contributed by atoms with van der Waals surface area (Å²) in [7, 11) is 1.70. The molecule has 0 aliphatic rings. The first-order chi connectivity index (χ1) is 9.69. The fourth-order valence-electron chi connectivity index (χ4n) is 1.87. The average molecular weight is 336 g/mol. The third-order valence-corrected chi connectivity index (χ3v) is 3.27. The van der Waals surface area contributed by atoms with Gasteiger partial charge >= 0.3 is 0 Å². The summed E-state index contributed by atoms with van der Waals surface area (Å²) in [5.74, 6) is 0.759. The molecule has 4 nitrogen and oxygen atoms in total. The molecule has 0 aliphatic carbocycles. The van der Waals surface area contributed by atoms with Gasteiger partial charge in [0.05, 0.1) is 12.3 Å². The maximum absolute atomic E-state index is 5.01. The van der Waals surface area contributed by atoms with Gasteiger partial charge in [0.25, 0.3) is 0 Å². The highest BCUT2D eigenvalue weighted by Gasteiger charge is 2.05. The smallest absolute Gasteiger partial charge is 0.159 e. The van der Waals surface area contributed by atoms with E-state index in [4.69, 9.17) is 4.74 Å². The fourth-order valence-corrected chi connectivity index (χ4v) is 2.27. The van der Waals surface area contributed by atoms with Crippen LogP contribution in [0.3, 0.4) is 0 Å². The van der Waals surface area contributed by atoms with Gasteiger partial charge in [0, 0.05) is 35.9 Å². The molecule has 106 valence electrons. The van der Waals surface area contributed by atoms with E-state index in [0.717, 1.165) is 33.8 Å². The normalized spacial score (nSPS) is 10.8. The van der Waals surface area contributed by atoms with E-state index in [1.807, 2.05) is 37.3 Å². The van der Waals surface area contributed by atoms with E-state index in [2.05, 4.69) is 31.2 Å². The maximum atomic E-state index is 5.01. The molecule has 20 heavy (non-hydrogen) atoms. The van der Waals surface area contributed by atoms with Gasteiger partial charge in [-0.15, -0.1) is 0 Å². The molecule has 0 atom stereocenters. The van der Waals surface area contributed by atoms with Crippen molar-refractivity contribution < 1.29 is 4.74 Å². The average Bonchev–Trinajstić information content (AvgIpc) is 2.43. The van der Waals surface area contributed by atoms with E-state index in [-0.39, 0.29) is 0 Å². The van der Waals surface area contributed by atoms with Crippen molar-refractivity contribution in [3.05, 3.63) is 46.2 Å². The van der Waals surface area contributed by atoms with Gasteiger partial charge in [-0.3, -0.25) is 0 Å². The molecule has 1 heterocycles. The Bertz CT molecular complexity index is 575. The minimum atomic E-state index is 0.697. The lowest BCUT2D eigenvalue weighted by molar-refractivity contribution is 0.199. The molecule has 0 aliphatic heterocycles. The monoisotopic (exact) mass is 335 g/mol. The SMILES string of the molecule is COCCNCc1cc(C)nc(-c2cccc(Br)c2)n1. The molecular weight excluding hydrogens is 318 g/mol. The van der Waals surface area contributed by atoms with Crippen molar-refractivity contribution in [2.24, 2.45) is 0 Å². The number of rotatable bonds is 6. The Hall–Kier alpha value is -1.30. The number of ether oxygens (including phenoxy) is 1. The second-order valence-corrected chi connectivity index (χ2v) is 5.42. The van der Waals surface area contributed by atoms with Crippen molar-refractivity contribution in [1.29, 1.82) is 0 Å². The van der Waals surface area contributed by atoms with Gasteiger partial charge in [-0.1, -0.05) is 28.1 Å². The van der Waals surface area contributed by atoms with Gasteiger partial charge in [-0.05, 0) is 25.1 Å². The van der Waals surface area contributed by atoms with Crippen LogP contribution in [0, 0.1) is 6.92 Å². The Balaban J connectivity index is 2.16. The van der Waals surface area contributed by atoms with Crippen LogP contribution < -0.4 is 5.32 Å². The van der Waals surface area contributed by atoms with Crippen LogP contribution in [0.4, 0.5) is 0 Å². The maximum Gasteiger partial charge on any atom is 0.159 e. The predicted molar refractivity (Wildman–Crippen MR) is 83.5 cm³/mol. The number of halogens is 1. The van der Waals surface area contributed by atoms with Crippen LogP contribution >= 0.6 is 15.9 Å². The van der Waals surface area contributed by atoms with E-state index in [1.54, 1.807) is 7.11 Å². The van der Waals surface area contributed by atoms with Crippen LogP contribution in [-0.2, 0) is 11.3 Å². The third kappa shape index (κ3) is 4.37. The summed E-state index contributed by atoms with van der Waals surface area (Å²) in [5, 5.41) is 3.30. The van der Waals surface area contributed by atoms with Crippen molar-refractivity contribution >= 4 is 15.9 Å². The molecule has 0 bridgehead atoms. The summed E-state index contributed by atoms with van der Waals surface area (Å²) in [5.41, 5.74) is 2.98. The van der Waals surface area contributed by atoms with E-state index >= 15 is 0 Å². The molecule has 0 amide bonds. The molecule has 1 aromatic heterocycles. The molecule has 0 saturated heterocycles. The van der Waals surface area contributed by atoms with Crippen molar-refractivity contribution in [2.45, 2.75) is 13.5 Å². The molecular formula is C15H18BrN3O. The number of hydrogen-bond donors (Lipinski definition) is 1. The van der Waals surface area contributed by atoms with Crippen molar-refractivity contribution in [2.75, 3.05) is 20.3 Å². The van der Waals surface area contributed by atoms with Crippen LogP contribution in [0.2, 0.25) is 0 Å². The standard InChI is InChI=1S/C15H18BrN3O/c1-11-8-14(10-17-6-7-20-2)19-15(18-11)12-4-3-5-13(16)9-12/h3-5,8-9,17H,6-7,10H2,1-2H3. The molecule has 0 radical (unpaired) electrons. The number of benzene rings is 1. The van der Waals surface area contributed by atoms with Crippen molar-refractivity contribution in [1.82, 2.24) is 15.3 Å². The lowest BCUT2D eigenvalue weighted by Gasteiger charge is -2.07. The fraction of sp³-hybridized carbons (Fsp3) is 0.333. The third-order valence-electron chi connectivity index (χ3n) is 2.78. The minimum Gasteiger partial charge on any atom is -0.383 e. The van der Waals surface area contributed by atoms with Gasteiger partial charge in [0.1, 0.15) is 0 Å². The lowest BCUT2D eigenvalue weighted by atomic mass is 10.2. The zero-order chi connectivity index (χ0) is 14.4. The molecule has 0 saturated carbocycles. The van der Waals surface area contributed by atoms with Crippen LogP contribution in [0.5, 0.6) is 0 Å². The van der Waals surface area contributed by atoms with Gasteiger partial charge in [-0.2, -0.15) is 0 Å². The van der Waals surface area contributed by atoms with E-state index in [1.165, 1.54) is 0 Å². The quantitative estimate of drug-likeness (QED) is 0.824. The number of hydrogen-bond acceptors (Lipinski definition) is 4. The molecule has 2 rings (SSSR count). The van der Waals surface area contributed by atoms with Gasteiger partial charge in [0.15, 0.2) is 5.82 Å². The van der Waals surface area contributed by atoms with Gasteiger partial charge < -0.3 is 10.1 Å². The Labute approximate surface area is 127 Å². The first kappa shape index (κ1) is 15.1. The molecule has 1 aromatic carbocycles. The molecule has 0 unspecified atom stereocenters. The summed E-state index contributed by atoms with van der Waals surface area (Å²) in [6.07, 6.45) is 0. The highest BCUT2D eigenvalue weighted by molar-refractivity contribution is 9.10. The highest BCUT2D eigenvalue weighted by Crippen LogP contribution is 2.20. The molecule has 0 spiro atoms. The number of nitrogens with one attached hydrogen (secondary N) is 1. The number of methoxy groups -OCH3 is 1. The summed E-state index contributed by atoms with van der Waals surface area (Å²) in [6.45, 7) is 4.21. The molecule has 2 aromatic rings. The molecule has 0 fully saturated rings. The van der Waals surface area contributed by atoms with Crippen LogP contribution in [-0.4, -0.2) is 30.2 Å². The zero-order valence-electron chi connectivity index (χ0n) is 11.7. The number of aryl methyl sites for hydroxylation is 1. The van der Waals surface area contributed by atoms with Crippen LogP contribution in [0.1, 0.15) is 11.4 Å². The molecule has 5 heteroatoms. The highest BCUT2D eigenvalue weighted by atomic mass is 79.9. The number of aromatic nitrogens is 2. The predicted octanol–water partition coefficient (Wildman–Crippen LogP) is 2.95. The second-order valence-electron chi connectivity index (χ2n) is 4.50. The summed E-state index contributed by atoms with van der Waals surface area (Å²) < 4.78 is 6.04. The van der Waals surface area contributed by atoms with Crippen molar-refractivity contribution in [3.63, 3.8) is 0 Å². The second kappa shape index (κ2) is 7.47. The minimum absolute atomic E-state index is 0.697. The topological polar surface area (TPSA) is 47.0 Å². The Morgan fingerprint density at radius 3 is 2.85 bits per heavy atom. The Morgan fingerprint density at radius 1 is 1.25 bits per heavy atom. The van der Waals surface area contributed by atoms with Crippen molar-refractivity contribution in [3.8, 4) is 11.4 Å². The summed E-state index contributed by atoms with van der Waals surface area (Å²) in [6, 6.07) is 10.0. The Kier molecular flexibility index (Phi) is 5.64. The largest absolute Gasteiger partial charge is 0.383 e. The first-order valence-electron chi connectivity index (χ1n) is 6.49. The lowest BCUT2D eigenvalue weighted by Crippen LogP contribution is -2.19. The van der Waals surface area contributed by atoms with Gasteiger partial charge in [0.2, 0.25) is 0 Å².